The number of fused-ring (bicyclic) bond motifs is 1. The van der Waals surface area contributed by atoms with Crippen molar-refractivity contribution in [1.82, 2.24) is 4.90 Å². The van der Waals surface area contributed by atoms with Crippen molar-refractivity contribution in [2.75, 3.05) is 32.9 Å². The molecule has 3 heterocycles. The molecule has 0 N–H and O–H groups in total. The van der Waals surface area contributed by atoms with E-state index in [4.69, 9.17) is 18.9 Å². The van der Waals surface area contributed by atoms with Crippen LogP contribution < -0.4 is 9.84 Å². The van der Waals surface area contributed by atoms with E-state index in [0.717, 1.165) is 28.9 Å². The average molecular weight is 573 g/mol. The third kappa shape index (κ3) is 6.41. The summed E-state index contributed by atoms with van der Waals surface area (Å²) >= 11 is 1.71. The molecule has 2 fully saturated rings. The molecule has 8 heteroatoms. The van der Waals surface area contributed by atoms with Crippen LogP contribution in [0, 0.1) is 0 Å². The number of nitrogens with zero attached hydrogens (tertiary/aromatic N) is 1. The van der Waals surface area contributed by atoms with Crippen molar-refractivity contribution in [1.29, 1.82) is 0 Å². The molecule has 2 saturated heterocycles. The molecule has 2 unspecified atom stereocenters. The number of hydrogen-bond acceptors (Lipinski definition) is 7. The fourth-order valence-electron chi connectivity index (χ4n) is 5.85. The number of hydrogen-bond donors (Lipinski definition) is 0. The van der Waals surface area contributed by atoms with Gasteiger partial charge in [0.25, 0.3) is 0 Å². The summed E-state index contributed by atoms with van der Waals surface area (Å²) in [4.78, 5) is 13.0. The van der Waals surface area contributed by atoms with Crippen LogP contribution in [0.15, 0.2) is 84.2 Å². The second-order valence-corrected chi connectivity index (χ2v) is 11.5. The van der Waals surface area contributed by atoms with Crippen molar-refractivity contribution in [2.45, 2.75) is 43.7 Å². The smallest absolute Gasteiger partial charge is 0.195 e. The van der Waals surface area contributed by atoms with Gasteiger partial charge >= 0.3 is 0 Å². The van der Waals surface area contributed by atoms with Gasteiger partial charge in [0.15, 0.2) is 5.79 Å². The third-order valence-corrected chi connectivity index (χ3v) is 8.89. The predicted octanol–water partition coefficient (Wildman–Crippen LogP) is 5.68. The highest BCUT2D eigenvalue weighted by Gasteiger charge is 2.38. The minimum absolute atomic E-state index is 0.0759. The summed E-state index contributed by atoms with van der Waals surface area (Å²) in [5.74, 6) is 0.177. The molecule has 0 radical (unpaired) electrons. The van der Waals surface area contributed by atoms with Crippen molar-refractivity contribution in [2.24, 2.45) is 0 Å². The van der Waals surface area contributed by atoms with Crippen molar-refractivity contribution in [3.05, 3.63) is 101 Å². The molecule has 2 aliphatic heterocycles. The lowest BCUT2D eigenvalue weighted by atomic mass is 9.87. The van der Waals surface area contributed by atoms with Crippen LogP contribution in [0.1, 0.15) is 41.9 Å². The van der Waals surface area contributed by atoms with Crippen LogP contribution in [0.5, 0.6) is 5.75 Å². The van der Waals surface area contributed by atoms with Gasteiger partial charge in [-0.05, 0) is 65.1 Å². The molecule has 6 rings (SSSR count). The monoisotopic (exact) mass is 572 g/mol. The van der Waals surface area contributed by atoms with E-state index < -0.39 is 11.9 Å². The number of carbonyl (C=O) groups is 1. The lowest BCUT2D eigenvalue weighted by Crippen LogP contribution is -2.51. The Balaban J connectivity index is 1.06. The molecule has 0 saturated carbocycles. The van der Waals surface area contributed by atoms with E-state index in [0.29, 0.717) is 52.4 Å². The summed E-state index contributed by atoms with van der Waals surface area (Å²) in [6.45, 7) is 2.87. The molecule has 3 aromatic carbocycles. The summed E-state index contributed by atoms with van der Waals surface area (Å²) in [7, 11) is 0. The largest absolute Gasteiger partial charge is 0.530 e. The van der Waals surface area contributed by atoms with E-state index in [2.05, 4.69) is 41.8 Å². The maximum absolute atomic E-state index is 11.6. The van der Waals surface area contributed by atoms with Crippen LogP contribution in [0.25, 0.3) is 10.1 Å². The number of benzene rings is 3. The van der Waals surface area contributed by atoms with Gasteiger partial charge in [0, 0.05) is 35.7 Å². The van der Waals surface area contributed by atoms with Gasteiger partial charge < -0.3 is 33.7 Å². The van der Waals surface area contributed by atoms with Crippen LogP contribution in [-0.4, -0.2) is 50.0 Å². The zero-order valence-corrected chi connectivity index (χ0v) is 23.7. The highest BCUT2D eigenvalue weighted by molar-refractivity contribution is 7.17. The second-order valence-electron chi connectivity index (χ2n) is 10.6. The van der Waals surface area contributed by atoms with E-state index in [-0.39, 0.29) is 12.0 Å². The topological polar surface area (TPSA) is 80.3 Å². The Bertz CT molecular complexity index is 1430. The van der Waals surface area contributed by atoms with Gasteiger partial charge in [-0.25, -0.2) is 0 Å². The number of likely N-dealkylation sites (tertiary alicyclic amines) is 1. The molecule has 41 heavy (non-hydrogen) atoms. The van der Waals surface area contributed by atoms with Crippen LogP contribution in [0.2, 0.25) is 0 Å². The first-order valence-electron chi connectivity index (χ1n) is 14.2. The molecule has 2 aliphatic rings. The third-order valence-electron chi connectivity index (χ3n) is 7.99. The van der Waals surface area contributed by atoms with E-state index in [1.807, 2.05) is 42.5 Å². The first kappa shape index (κ1) is 27.7. The maximum Gasteiger partial charge on any atom is 0.195 e. The fourth-order valence-corrected chi connectivity index (χ4v) is 6.62. The van der Waals surface area contributed by atoms with E-state index in [9.17, 15) is 9.90 Å². The van der Waals surface area contributed by atoms with Crippen molar-refractivity contribution >= 4 is 27.5 Å². The quantitative estimate of drug-likeness (QED) is 0.228. The molecule has 0 aliphatic carbocycles. The number of ether oxygens (including phenoxy) is 4. The van der Waals surface area contributed by atoms with Crippen LogP contribution in [0.4, 0.5) is 4.79 Å². The van der Waals surface area contributed by atoms with E-state index in [1.165, 1.54) is 15.0 Å². The predicted molar refractivity (Wildman–Crippen MR) is 156 cm³/mol. The molecule has 7 nitrogen and oxygen atoms in total. The summed E-state index contributed by atoms with van der Waals surface area (Å²) < 4.78 is 25.7. The molecule has 214 valence electrons. The van der Waals surface area contributed by atoms with Crippen LogP contribution >= 0.6 is 11.3 Å². The van der Waals surface area contributed by atoms with Crippen LogP contribution in [0.3, 0.4) is 0 Å². The second kappa shape index (κ2) is 12.6. The van der Waals surface area contributed by atoms with Gasteiger partial charge in [-0.15, -0.1) is 11.3 Å². The number of carboxylic acid groups (broad SMARTS) is 1. The van der Waals surface area contributed by atoms with Gasteiger partial charge in [0.05, 0.1) is 32.5 Å². The Hall–Kier alpha value is -3.43. The lowest BCUT2D eigenvalue weighted by molar-refractivity contribution is -0.268. The SMILES string of the molecule is O=C([O-])N1CCC(c2ccc(OCCCC3(c4ccccc4)OCCO3)cc2)C(OCc2ccc3sccc3c2)C1. The number of piperidine rings is 1. The highest BCUT2D eigenvalue weighted by Crippen LogP contribution is 2.36. The Morgan fingerprint density at radius 2 is 1.83 bits per heavy atom. The normalized spacial score (nSPS) is 20.3. The van der Waals surface area contributed by atoms with Crippen molar-refractivity contribution in [3.63, 3.8) is 0 Å². The Morgan fingerprint density at radius 1 is 1.02 bits per heavy atom. The molecular formula is C33H34NO6S-. The molecule has 0 spiro atoms. The highest BCUT2D eigenvalue weighted by atomic mass is 32.1. The minimum atomic E-state index is -1.15. The standard InChI is InChI=1S/C33H35NO6S/c35-32(36)34-16-13-29(30(22-34)38-23-24-7-12-31-26(21-24)14-20-41-31)25-8-10-28(11-9-25)37-17-4-15-33(39-18-19-40-33)27-5-2-1-3-6-27/h1-3,5-12,14,20-21,29-30H,4,13,15-19,22-23H2,(H,35,36)/p-1. The van der Waals surface area contributed by atoms with Gasteiger partial charge in [0.2, 0.25) is 0 Å². The molecule has 1 aromatic heterocycles. The maximum atomic E-state index is 11.6. The summed E-state index contributed by atoms with van der Waals surface area (Å²) in [5.41, 5.74) is 3.23. The van der Waals surface area contributed by atoms with Crippen molar-refractivity contribution < 1.29 is 28.8 Å². The number of rotatable bonds is 10. The first-order valence-corrected chi connectivity index (χ1v) is 15.1. The first-order chi connectivity index (χ1) is 20.1. The number of carbonyl (C=O) groups excluding carboxylic acids is 1. The molecule has 4 aromatic rings. The van der Waals surface area contributed by atoms with Gasteiger partial charge in [-0.1, -0.05) is 48.5 Å². The molecular weight excluding hydrogens is 538 g/mol. The summed E-state index contributed by atoms with van der Waals surface area (Å²) in [6.07, 6.45) is 0.745. The lowest BCUT2D eigenvalue weighted by Gasteiger charge is -2.40. The van der Waals surface area contributed by atoms with Crippen LogP contribution in [-0.2, 0) is 26.6 Å². The molecule has 0 bridgehead atoms. The average Bonchev–Trinajstić information content (AvgIpc) is 3.69. The Labute approximate surface area is 244 Å². The van der Waals surface area contributed by atoms with E-state index >= 15 is 0 Å². The van der Waals surface area contributed by atoms with Crippen molar-refractivity contribution in [3.8, 4) is 5.75 Å². The number of amides is 1. The number of thiophene rings is 1. The Morgan fingerprint density at radius 3 is 2.61 bits per heavy atom. The zero-order valence-electron chi connectivity index (χ0n) is 22.9. The van der Waals surface area contributed by atoms with Gasteiger partial charge in [-0.3, -0.25) is 0 Å². The van der Waals surface area contributed by atoms with Gasteiger partial charge in [0.1, 0.15) is 11.8 Å². The van der Waals surface area contributed by atoms with E-state index in [1.54, 1.807) is 11.3 Å². The summed E-state index contributed by atoms with van der Waals surface area (Å²) in [5, 5.41) is 14.9. The van der Waals surface area contributed by atoms with Gasteiger partial charge in [-0.2, -0.15) is 0 Å². The molecule has 1 amide bonds. The fraction of sp³-hybridized carbons (Fsp3) is 0.364. The zero-order chi connectivity index (χ0) is 28.1. The summed E-state index contributed by atoms with van der Waals surface area (Å²) in [6, 6.07) is 26.6. The Kier molecular flexibility index (Phi) is 8.53. The minimum Gasteiger partial charge on any atom is -0.530 e. The molecule has 2 atom stereocenters.